The molecule has 0 fully saturated rings. The van der Waals surface area contributed by atoms with Gasteiger partial charge in [0.25, 0.3) is 5.91 Å². The molecule has 0 unspecified atom stereocenters. The Hall–Kier alpha value is -3.19. The van der Waals surface area contributed by atoms with Crippen molar-refractivity contribution in [2.75, 3.05) is 10.0 Å². The summed E-state index contributed by atoms with van der Waals surface area (Å²) in [6, 6.07) is 17.9. The zero-order valence-corrected chi connectivity index (χ0v) is 17.1. The molecule has 1 amide bonds. The number of benzene rings is 2. The second kappa shape index (κ2) is 8.87. The fourth-order valence-electron chi connectivity index (χ4n) is 2.62. The van der Waals surface area contributed by atoms with Crippen LogP contribution in [0, 0.1) is 0 Å². The predicted molar refractivity (Wildman–Crippen MR) is 116 cm³/mol. The number of nitrogens with zero attached hydrogens (tertiary/aromatic N) is 1. The van der Waals surface area contributed by atoms with Crippen molar-refractivity contribution in [1.82, 2.24) is 4.98 Å². The van der Waals surface area contributed by atoms with E-state index in [2.05, 4.69) is 15.0 Å². The number of sulfonamides is 1. The third-order valence-corrected chi connectivity index (χ3v) is 6.16. The maximum atomic E-state index is 12.4. The number of aromatic nitrogens is 1. The SMILES string of the molecule is CC(C)S(=O)(=O)Nc1ccc(C(=O)Nc2ccc(Cc3ccncc3)cc2)cc1. The van der Waals surface area contributed by atoms with Gasteiger partial charge in [0, 0.05) is 29.3 Å². The van der Waals surface area contributed by atoms with Gasteiger partial charge in [0.1, 0.15) is 0 Å². The van der Waals surface area contributed by atoms with Crippen LogP contribution in [-0.2, 0) is 16.4 Å². The molecule has 0 saturated carbocycles. The third-order valence-electron chi connectivity index (χ3n) is 4.40. The first-order valence-corrected chi connectivity index (χ1v) is 10.8. The highest BCUT2D eigenvalue weighted by molar-refractivity contribution is 7.93. The van der Waals surface area contributed by atoms with E-state index in [9.17, 15) is 13.2 Å². The van der Waals surface area contributed by atoms with E-state index in [1.165, 1.54) is 5.56 Å². The lowest BCUT2D eigenvalue weighted by Crippen LogP contribution is -2.22. The van der Waals surface area contributed by atoms with Gasteiger partial charge in [-0.25, -0.2) is 8.42 Å². The molecule has 0 saturated heterocycles. The van der Waals surface area contributed by atoms with E-state index < -0.39 is 15.3 Å². The van der Waals surface area contributed by atoms with Crippen LogP contribution in [-0.4, -0.2) is 24.6 Å². The molecule has 0 radical (unpaired) electrons. The average molecular weight is 410 g/mol. The van der Waals surface area contributed by atoms with Gasteiger partial charge in [-0.3, -0.25) is 14.5 Å². The average Bonchev–Trinajstić information content (AvgIpc) is 2.70. The van der Waals surface area contributed by atoms with Crippen LogP contribution >= 0.6 is 0 Å². The number of hydrogen-bond donors (Lipinski definition) is 2. The van der Waals surface area contributed by atoms with Gasteiger partial charge < -0.3 is 5.32 Å². The lowest BCUT2D eigenvalue weighted by atomic mass is 10.1. The molecule has 150 valence electrons. The number of pyridine rings is 1. The van der Waals surface area contributed by atoms with Crippen molar-refractivity contribution >= 4 is 27.3 Å². The quantitative estimate of drug-likeness (QED) is 0.616. The highest BCUT2D eigenvalue weighted by Crippen LogP contribution is 2.17. The first-order valence-electron chi connectivity index (χ1n) is 9.24. The Morgan fingerprint density at radius 1 is 0.862 bits per heavy atom. The fraction of sp³-hybridized carbons (Fsp3) is 0.182. The molecule has 2 N–H and O–H groups in total. The van der Waals surface area contributed by atoms with Crippen molar-refractivity contribution in [3.63, 3.8) is 0 Å². The van der Waals surface area contributed by atoms with Gasteiger partial charge in [0.15, 0.2) is 0 Å². The van der Waals surface area contributed by atoms with Crippen LogP contribution in [0.4, 0.5) is 11.4 Å². The first kappa shape index (κ1) is 20.5. The Balaban J connectivity index is 1.61. The standard InChI is InChI=1S/C22H23N3O3S/c1-16(2)29(27,28)25-21-9-5-19(6-10-21)22(26)24-20-7-3-17(4-8-20)15-18-11-13-23-14-12-18/h3-14,16,25H,15H2,1-2H3,(H,24,26). The predicted octanol–water partition coefficient (Wildman–Crippen LogP) is 4.07. The van der Waals surface area contributed by atoms with Crippen molar-refractivity contribution in [3.8, 4) is 0 Å². The zero-order valence-electron chi connectivity index (χ0n) is 16.3. The summed E-state index contributed by atoms with van der Waals surface area (Å²) in [5, 5.41) is 2.31. The highest BCUT2D eigenvalue weighted by atomic mass is 32.2. The molecule has 0 bridgehead atoms. The Kier molecular flexibility index (Phi) is 6.29. The van der Waals surface area contributed by atoms with E-state index in [1.807, 2.05) is 36.4 Å². The van der Waals surface area contributed by atoms with Gasteiger partial charge >= 0.3 is 0 Å². The largest absolute Gasteiger partial charge is 0.322 e. The van der Waals surface area contributed by atoms with Crippen molar-refractivity contribution in [1.29, 1.82) is 0 Å². The van der Waals surface area contributed by atoms with Crippen LogP contribution in [0.15, 0.2) is 73.1 Å². The minimum atomic E-state index is -3.41. The number of carbonyl (C=O) groups is 1. The van der Waals surface area contributed by atoms with Crippen LogP contribution in [0.2, 0.25) is 0 Å². The molecule has 0 spiro atoms. The summed E-state index contributed by atoms with van der Waals surface area (Å²) < 4.78 is 26.3. The van der Waals surface area contributed by atoms with E-state index in [1.54, 1.807) is 50.5 Å². The van der Waals surface area contributed by atoms with E-state index >= 15 is 0 Å². The van der Waals surface area contributed by atoms with Crippen LogP contribution in [0.25, 0.3) is 0 Å². The molecule has 3 rings (SSSR count). The van der Waals surface area contributed by atoms with Crippen LogP contribution in [0.3, 0.4) is 0 Å². The van der Waals surface area contributed by atoms with Crippen LogP contribution < -0.4 is 10.0 Å². The molecule has 0 aliphatic rings. The smallest absolute Gasteiger partial charge is 0.255 e. The maximum Gasteiger partial charge on any atom is 0.255 e. The molecule has 0 atom stereocenters. The van der Waals surface area contributed by atoms with Crippen molar-refractivity contribution in [2.24, 2.45) is 0 Å². The van der Waals surface area contributed by atoms with Crippen LogP contribution in [0.1, 0.15) is 35.3 Å². The van der Waals surface area contributed by atoms with Gasteiger partial charge in [-0.15, -0.1) is 0 Å². The molecular weight excluding hydrogens is 386 g/mol. The van der Waals surface area contributed by atoms with Gasteiger partial charge in [-0.05, 0) is 79.9 Å². The minimum absolute atomic E-state index is 0.259. The summed E-state index contributed by atoms with van der Waals surface area (Å²) >= 11 is 0. The Labute approximate surface area is 171 Å². The molecular formula is C22H23N3O3S. The summed E-state index contributed by atoms with van der Waals surface area (Å²) in [6.07, 6.45) is 4.33. The van der Waals surface area contributed by atoms with Crippen molar-refractivity contribution < 1.29 is 13.2 Å². The summed E-state index contributed by atoms with van der Waals surface area (Å²) in [7, 11) is -3.41. The van der Waals surface area contributed by atoms with Gasteiger partial charge in [0.2, 0.25) is 10.0 Å². The number of nitrogens with one attached hydrogen (secondary N) is 2. The summed E-state index contributed by atoms with van der Waals surface area (Å²) in [5.74, 6) is -0.259. The molecule has 1 heterocycles. The second-order valence-electron chi connectivity index (χ2n) is 6.96. The summed E-state index contributed by atoms with van der Waals surface area (Å²) in [6.45, 7) is 3.21. The Morgan fingerprint density at radius 3 is 2.00 bits per heavy atom. The third kappa shape index (κ3) is 5.65. The molecule has 3 aromatic rings. The molecule has 0 aliphatic heterocycles. The number of carbonyl (C=O) groups excluding carboxylic acids is 1. The number of rotatable bonds is 7. The molecule has 2 aromatic carbocycles. The molecule has 7 heteroatoms. The van der Waals surface area contributed by atoms with E-state index in [4.69, 9.17) is 0 Å². The molecule has 29 heavy (non-hydrogen) atoms. The van der Waals surface area contributed by atoms with Crippen LogP contribution in [0.5, 0.6) is 0 Å². The minimum Gasteiger partial charge on any atom is -0.322 e. The highest BCUT2D eigenvalue weighted by Gasteiger charge is 2.15. The number of hydrogen-bond acceptors (Lipinski definition) is 4. The van der Waals surface area contributed by atoms with Gasteiger partial charge in [0.05, 0.1) is 5.25 Å². The van der Waals surface area contributed by atoms with E-state index in [0.717, 1.165) is 12.0 Å². The van der Waals surface area contributed by atoms with Gasteiger partial charge in [-0.2, -0.15) is 0 Å². The maximum absolute atomic E-state index is 12.4. The van der Waals surface area contributed by atoms with Crippen molar-refractivity contribution in [3.05, 3.63) is 89.7 Å². The monoisotopic (exact) mass is 409 g/mol. The summed E-state index contributed by atoms with van der Waals surface area (Å²) in [4.78, 5) is 16.4. The van der Waals surface area contributed by atoms with Crippen molar-refractivity contribution in [2.45, 2.75) is 25.5 Å². The lowest BCUT2D eigenvalue weighted by Gasteiger charge is -2.11. The van der Waals surface area contributed by atoms with Gasteiger partial charge in [-0.1, -0.05) is 12.1 Å². The summed E-state index contributed by atoms with van der Waals surface area (Å²) in [5.41, 5.74) is 3.87. The first-order chi connectivity index (χ1) is 13.8. The molecule has 6 nitrogen and oxygen atoms in total. The second-order valence-corrected chi connectivity index (χ2v) is 9.19. The van der Waals surface area contributed by atoms with E-state index in [-0.39, 0.29) is 5.91 Å². The molecule has 1 aromatic heterocycles. The van der Waals surface area contributed by atoms with E-state index in [0.29, 0.717) is 16.9 Å². The zero-order chi connectivity index (χ0) is 20.9. The molecule has 0 aliphatic carbocycles. The topological polar surface area (TPSA) is 88.2 Å². The Bertz CT molecular complexity index is 1060. The Morgan fingerprint density at radius 2 is 1.41 bits per heavy atom. The number of anilines is 2. The normalized spacial score (nSPS) is 11.3. The fourth-order valence-corrected chi connectivity index (χ4v) is 3.32. The number of amides is 1. The lowest BCUT2D eigenvalue weighted by molar-refractivity contribution is 0.102.